The van der Waals surface area contributed by atoms with Crippen LogP contribution < -0.4 is 15.0 Å². The molecule has 0 aliphatic rings. The van der Waals surface area contributed by atoms with E-state index < -0.39 is 0 Å². The second kappa shape index (κ2) is 5.25. The number of benzene rings is 1. The van der Waals surface area contributed by atoms with Gasteiger partial charge in [0.2, 0.25) is 0 Å². The highest BCUT2D eigenvalue weighted by atomic mass is 79.9. The zero-order valence-corrected chi connectivity index (χ0v) is 13.0. The van der Waals surface area contributed by atoms with Crippen LogP contribution in [0.25, 0.3) is 16.8 Å². The molecule has 0 fully saturated rings. The first-order valence-corrected chi connectivity index (χ1v) is 6.84. The van der Waals surface area contributed by atoms with Gasteiger partial charge >= 0.3 is 0 Å². The number of fused-ring (bicyclic) bond motifs is 1. The second-order valence-corrected chi connectivity index (χ2v) is 5.04. The third kappa shape index (κ3) is 2.19. The quantitative estimate of drug-likeness (QED) is 0.728. The van der Waals surface area contributed by atoms with E-state index in [2.05, 4.69) is 21.2 Å². The molecule has 3 aromatic rings. The van der Waals surface area contributed by atoms with Gasteiger partial charge in [0.25, 0.3) is 5.56 Å². The van der Waals surface area contributed by atoms with Gasteiger partial charge in [0.1, 0.15) is 5.52 Å². The van der Waals surface area contributed by atoms with Crippen molar-refractivity contribution in [1.29, 1.82) is 0 Å². The molecule has 0 N–H and O–H groups in total. The Balaban J connectivity index is 2.25. The van der Waals surface area contributed by atoms with Crippen molar-refractivity contribution in [3.8, 4) is 22.8 Å². The molecule has 3 rings (SSSR count). The first-order chi connectivity index (χ1) is 10.2. The molecule has 6 nitrogen and oxygen atoms in total. The average Bonchev–Trinajstić information content (AvgIpc) is 2.98. The highest BCUT2D eigenvalue weighted by Crippen LogP contribution is 2.32. The molecule has 0 saturated carbocycles. The molecule has 0 saturated heterocycles. The highest BCUT2D eigenvalue weighted by Gasteiger charge is 2.12. The highest BCUT2D eigenvalue weighted by molar-refractivity contribution is 9.08. The van der Waals surface area contributed by atoms with Crippen molar-refractivity contribution in [3.63, 3.8) is 0 Å². The molecule has 21 heavy (non-hydrogen) atoms. The van der Waals surface area contributed by atoms with Crippen LogP contribution in [-0.4, -0.2) is 27.4 Å². The lowest BCUT2D eigenvalue weighted by Crippen LogP contribution is -2.17. The SMILES string of the molecule is COc1ccc(-c2cn3nccc3c(=O)n2Br)cc1OC. The fourth-order valence-corrected chi connectivity index (χ4v) is 2.62. The summed E-state index contributed by atoms with van der Waals surface area (Å²) in [4.78, 5) is 12.3. The molecule has 0 unspecified atom stereocenters. The second-order valence-electron chi connectivity index (χ2n) is 4.33. The molecule has 1 aromatic carbocycles. The van der Waals surface area contributed by atoms with E-state index in [0.717, 1.165) is 5.56 Å². The van der Waals surface area contributed by atoms with E-state index in [0.29, 0.717) is 22.7 Å². The Labute approximate surface area is 128 Å². The van der Waals surface area contributed by atoms with E-state index >= 15 is 0 Å². The molecule has 2 heterocycles. The van der Waals surface area contributed by atoms with Crippen molar-refractivity contribution in [1.82, 2.24) is 13.2 Å². The van der Waals surface area contributed by atoms with E-state index in [9.17, 15) is 4.79 Å². The standard InChI is InChI=1S/C14H12BrN3O3/c1-20-12-4-3-9(7-13(12)21-2)11-8-17-10(5-6-16-17)14(19)18(11)15/h3-8H,1-2H3. The predicted octanol–water partition coefficient (Wildman–Crippen LogP) is 2.34. The fourth-order valence-electron chi connectivity index (χ4n) is 2.15. The van der Waals surface area contributed by atoms with Gasteiger partial charge in [-0.05, 0) is 24.3 Å². The summed E-state index contributed by atoms with van der Waals surface area (Å²) in [7, 11) is 3.15. The van der Waals surface area contributed by atoms with Gasteiger partial charge in [0, 0.05) is 5.56 Å². The smallest absolute Gasteiger partial charge is 0.287 e. The van der Waals surface area contributed by atoms with Crippen LogP contribution in [0.2, 0.25) is 0 Å². The van der Waals surface area contributed by atoms with Crippen LogP contribution in [0.4, 0.5) is 0 Å². The molecule has 2 aromatic heterocycles. The van der Waals surface area contributed by atoms with E-state index in [1.165, 1.54) is 3.59 Å². The maximum Gasteiger partial charge on any atom is 0.287 e. The van der Waals surface area contributed by atoms with Crippen LogP contribution in [0, 0.1) is 0 Å². The van der Waals surface area contributed by atoms with Crippen LogP contribution >= 0.6 is 16.1 Å². The predicted molar refractivity (Wildman–Crippen MR) is 82.3 cm³/mol. The number of hydrogen-bond donors (Lipinski definition) is 0. The molecule has 0 bridgehead atoms. The summed E-state index contributed by atoms with van der Waals surface area (Å²) >= 11 is 3.30. The Hall–Kier alpha value is -2.28. The number of aromatic nitrogens is 3. The van der Waals surface area contributed by atoms with E-state index in [1.54, 1.807) is 49.3 Å². The zero-order chi connectivity index (χ0) is 15.0. The molecular formula is C14H12BrN3O3. The Morgan fingerprint density at radius 3 is 2.62 bits per heavy atom. The lowest BCUT2D eigenvalue weighted by atomic mass is 10.1. The van der Waals surface area contributed by atoms with Crippen LogP contribution in [0.5, 0.6) is 11.5 Å². The van der Waals surface area contributed by atoms with Crippen LogP contribution in [0.1, 0.15) is 0 Å². The minimum atomic E-state index is -0.181. The Morgan fingerprint density at radius 2 is 1.90 bits per heavy atom. The average molecular weight is 350 g/mol. The maximum absolute atomic E-state index is 12.3. The molecule has 0 radical (unpaired) electrons. The van der Waals surface area contributed by atoms with Crippen LogP contribution in [-0.2, 0) is 0 Å². The van der Waals surface area contributed by atoms with Gasteiger partial charge in [-0.3, -0.25) is 4.79 Å². The van der Waals surface area contributed by atoms with Crippen molar-refractivity contribution in [3.05, 3.63) is 47.0 Å². The minimum Gasteiger partial charge on any atom is -0.493 e. The molecular weight excluding hydrogens is 338 g/mol. The summed E-state index contributed by atoms with van der Waals surface area (Å²) in [6.07, 6.45) is 3.36. The number of hydrogen-bond acceptors (Lipinski definition) is 4. The number of nitrogens with zero attached hydrogens (tertiary/aromatic N) is 3. The Morgan fingerprint density at radius 1 is 1.14 bits per heavy atom. The summed E-state index contributed by atoms with van der Waals surface area (Å²) in [5.41, 5.74) is 1.78. The van der Waals surface area contributed by atoms with Gasteiger partial charge in [-0.2, -0.15) is 5.10 Å². The monoisotopic (exact) mass is 349 g/mol. The lowest BCUT2D eigenvalue weighted by molar-refractivity contribution is 0.355. The summed E-state index contributed by atoms with van der Waals surface area (Å²) in [6.45, 7) is 0. The largest absolute Gasteiger partial charge is 0.493 e. The Kier molecular flexibility index (Phi) is 3.42. The van der Waals surface area contributed by atoms with E-state index in [4.69, 9.17) is 9.47 Å². The summed E-state index contributed by atoms with van der Waals surface area (Å²) < 4.78 is 13.5. The maximum atomic E-state index is 12.3. The molecule has 0 aliphatic heterocycles. The van der Waals surface area contributed by atoms with Crippen molar-refractivity contribution in [2.24, 2.45) is 0 Å². The van der Waals surface area contributed by atoms with Crippen molar-refractivity contribution in [2.45, 2.75) is 0 Å². The van der Waals surface area contributed by atoms with Gasteiger partial charge in [-0.15, -0.1) is 0 Å². The molecule has 0 atom stereocenters. The fraction of sp³-hybridized carbons (Fsp3) is 0.143. The van der Waals surface area contributed by atoms with Gasteiger partial charge in [-0.1, -0.05) is 0 Å². The summed E-state index contributed by atoms with van der Waals surface area (Å²) in [5.74, 6) is 1.22. The van der Waals surface area contributed by atoms with Gasteiger partial charge < -0.3 is 9.47 Å². The van der Waals surface area contributed by atoms with Gasteiger partial charge in [0.05, 0.1) is 48.5 Å². The molecule has 7 heteroatoms. The number of ether oxygens (including phenoxy) is 2. The number of rotatable bonds is 3. The summed E-state index contributed by atoms with van der Waals surface area (Å²) in [6, 6.07) is 7.11. The van der Waals surface area contributed by atoms with Gasteiger partial charge in [-0.25, -0.2) is 8.11 Å². The van der Waals surface area contributed by atoms with E-state index in [-0.39, 0.29) is 5.56 Å². The summed E-state index contributed by atoms with van der Waals surface area (Å²) in [5, 5.41) is 4.11. The third-order valence-corrected chi connectivity index (χ3v) is 3.91. The molecule has 0 spiro atoms. The number of halogens is 1. The van der Waals surface area contributed by atoms with E-state index in [1.807, 2.05) is 6.07 Å². The van der Waals surface area contributed by atoms with Crippen molar-refractivity contribution < 1.29 is 9.47 Å². The first kappa shape index (κ1) is 13.7. The normalized spacial score (nSPS) is 10.8. The Bertz CT molecular complexity index is 870. The molecule has 0 amide bonds. The van der Waals surface area contributed by atoms with Gasteiger partial charge in [0.15, 0.2) is 11.5 Å². The lowest BCUT2D eigenvalue weighted by Gasteiger charge is -2.11. The topological polar surface area (TPSA) is 57.8 Å². The van der Waals surface area contributed by atoms with Crippen LogP contribution in [0.15, 0.2) is 41.5 Å². The first-order valence-electron chi connectivity index (χ1n) is 6.13. The zero-order valence-electron chi connectivity index (χ0n) is 11.4. The third-order valence-electron chi connectivity index (χ3n) is 3.20. The molecule has 108 valence electrons. The number of methoxy groups -OCH3 is 2. The van der Waals surface area contributed by atoms with Crippen molar-refractivity contribution >= 4 is 21.7 Å². The van der Waals surface area contributed by atoms with Crippen LogP contribution in [0.3, 0.4) is 0 Å². The minimum absolute atomic E-state index is 0.181. The van der Waals surface area contributed by atoms with Crippen molar-refractivity contribution in [2.75, 3.05) is 14.2 Å². The molecule has 0 aliphatic carbocycles.